The van der Waals surface area contributed by atoms with Crippen molar-refractivity contribution >= 4 is 23.4 Å². The molecule has 0 aliphatic rings. The smallest absolute Gasteiger partial charge is 0.276 e. The van der Waals surface area contributed by atoms with Crippen LogP contribution >= 0.6 is 0 Å². The zero-order chi connectivity index (χ0) is 24.7. The Balaban J connectivity index is 1.48. The number of ether oxygens (including phenoxy) is 1. The molecule has 7 heteroatoms. The van der Waals surface area contributed by atoms with Gasteiger partial charge < -0.3 is 10.1 Å². The summed E-state index contributed by atoms with van der Waals surface area (Å²) in [6.07, 6.45) is 0. The van der Waals surface area contributed by atoms with Crippen molar-refractivity contribution in [1.82, 2.24) is 10.9 Å². The molecule has 0 bridgehead atoms. The van der Waals surface area contributed by atoms with Gasteiger partial charge in [-0.1, -0.05) is 51.1 Å². The Morgan fingerprint density at radius 2 is 1.35 bits per heavy atom. The molecule has 0 saturated carbocycles. The number of anilines is 1. The molecular formula is C27H29N3O4. The maximum Gasteiger partial charge on any atom is 0.276 e. The van der Waals surface area contributed by atoms with Crippen molar-refractivity contribution in [1.29, 1.82) is 0 Å². The molecule has 0 heterocycles. The molecule has 0 aromatic heterocycles. The van der Waals surface area contributed by atoms with E-state index in [1.165, 1.54) is 0 Å². The predicted octanol–water partition coefficient (Wildman–Crippen LogP) is 4.38. The van der Waals surface area contributed by atoms with Gasteiger partial charge in [0, 0.05) is 16.8 Å². The van der Waals surface area contributed by atoms with Crippen LogP contribution in [0, 0.1) is 6.92 Å². The fourth-order valence-corrected chi connectivity index (χ4v) is 3.13. The molecule has 0 atom stereocenters. The van der Waals surface area contributed by atoms with Crippen molar-refractivity contribution < 1.29 is 19.1 Å². The van der Waals surface area contributed by atoms with Crippen LogP contribution in [0.25, 0.3) is 0 Å². The molecule has 3 amide bonds. The van der Waals surface area contributed by atoms with Gasteiger partial charge in [-0.15, -0.1) is 0 Å². The summed E-state index contributed by atoms with van der Waals surface area (Å²) in [5.74, 6) is -0.608. The lowest BCUT2D eigenvalue weighted by Gasteiger charge is -2.19. The molecule has 0 fully saturated rings. The molecule has 0 unspecified atom stereocenters. The highest BCUT2D eigenvalue weighted by atomic mass is 16.5. The summed E-state index contributed by atoms with van der Waals surface area (Å²) < 4.78 is 5.45. The maximum absolute atomic E-state index is 12.5. The Hall–Kier alpha value is -4.13. The Morgan fingerprint density at radius 3 is 1.97 bits per heavy atom. The van der Waals surface area contributed by atoms with Crippen LogP contribution in [0.3, 0.4) is 0 Å². The van der Waals surface area contributed by atoms with Gasteiger partial charge in [-0.05, 0) is 65.9 Å². The van der Waals surface area contributed by atoms with Gasteiger partial charge >= 0.3 is 0 Å². The van der Waals surface area contributed by atoms with E-state index in [9.17, 15) is 14.4 Å². The van der Waals surface area contributed by atoms with Gasteiger partial charge in [0.15, 0.2) is 6.61 Å². The minimum absolute atomic E-state index is 0.0127. The van der Waals surface area contributed by atoms with E-state index < -0.39 is 11.8 Å². The Labute approximate surface area is 199 Å². The first-order valence-electron chi connectivity index (χ1n) is 10.9. The lowest BCUT2D eigenvalue weighted by atomic mass is 9.87. The van der Waals surface area contributed by atoms with Crippen LogP contribution in [-0.4, -0.2) is 24.3 Å². The molecule has 3 N–H and O–H groups in total. The summed E-state index contributed by atoms with van der Waals surface area (Å²) in [5.41, 5.74) is 8.16. The number of hydrogen-bond acceptors (Lipinski definition) is 4. The van der Waals surface area contributed by atoms with Crippen molar-refractivity contribution in [3.05, 3.63) is 95.1 Å². The second-order valence-corrected chi connectivity index (χ2v) is 8.92. The van der Waals surface area contributed by atoms with Gasteiger partial charge in [0.05, 0.1) is 0 Å². The first-order valence-corrected chi connectivity index (χ1v) is 10.9. The summed E-state index contributed by atoms with van der Waals surface area (Å²) in [6.45, 7) is 8.00. The average molecular weight is 460 g/mol. The first kappa shape index (κ1) is 24.5. The Morgan fingerprint density at radius 1 is 0.765 bits per heavy atom. The van der Waals surface area contributed by atoms with Gasteiger partial charge in [-0.2, -0.15) is 0 Å². The predicted molar refractivity (Wildman–Crippen MR) is 132 cm³/mol. The molecule has 0 aliphatic heterocycles. The van der Waals surface area contributed by atoms with Crippen LogP contribution in [0.2, 0.25) is 0 Å². The summed E-state index contributed by atoms with van der Waals surface area (Å²) in [7, 11) is 0. The Kier molecular flexibility index (Phi) is 7.68. The van der Waals surface area contributed by atoms with Crippen molar-refractivity contribution in [2.45, 2.75) is 33.1 Å². The number of amides is 3. The van der Waals surface area contributed by atoms with E-state index in [1.807, 2.05) is 37.3 Å². The number of hydrazine groups is 1. The molecule has 0 radical (unpaired) electrons. The zero-order valence-corrected chi connectivity index (χ0v) is 19.8. The normalized spacial score (nSPS) is 10.8. The summed E-state index contributed by atoms with van der Waals surface area (Å²) >= 11 is 0. The number of carbonyl (C=O) groups is 3. The lowest BCUT2D eigenvalue weighted by Crippen LogP contribution is -2.43. The van der Waals surface area contributed by atoms with E-state index in [-0.39, 0.29) is 17.9 Å². The minimum Gasteiger partial charge on any atom is -0.483 e. The topological polar surface area (TPSA) is 96.5 Å². The maximum atomic E-state index is 12.5. The average Bonchev–Trinajstić information content (AvgIpc) is 2.82. The SMILES string of the molecule is Cc1ccccc1OCC(=O)NNC(=O)c1ccc(NC(=O)c2ccc(C(C)(C)C)cc2)cc1. The molecule has 3 aromatic carbocycles. The van der Waals surface area contributed by atoms with Crippen LogP contribution in [0.1, 0.15) is 52.6 Å². The second kappa shape index (κ2) is 10.7. The molecule has 176 valence electrons. The number of aryl methyl sites for hydroxylation is 1. The van der Waals surface area contributed by atoms with E-state index in [4.69, 9.17) is 4.74 Å². The number of hydrogen-bond donors (Lipinski definition) is 3. The molecule has 3 rings (SSSR count). The fraction of sp³-hybridized carbons (Fsp3) is 0.222. The van der Waals surface area contributed by atoms with Crippen molar-refractivity contribution in [2.75, 3.05) is 11.9 Å². The van der Waals surface area contributed by atoms with E-state index in [1.54, 1.807) is 42.5 Å². The first-order chi connectivity index (χ1) is 16.1. The molecule has 0 saturated heterocycles. The number of para-hydroxylation sites is 1. The van der Waals surface area contributed by atoms with E-state index in [0.29, 0.717) is 22.6 Å². The van der Waals surface area contributed by atoms with E-state index in [2.05, 4.69) is 36.9 Å². The van der Waals surface area contributed by atoms with E-state index in [0.717, 1.165) is 11.1 Å². The van der Waals surface area contributed by atoms with Crippen LogP contribution in [0.4, 0.5) is 5.69 Å². The van der Waals surface area contributed by atoms with Crippen LogP contribution in [-0.2, 0) is 10.2 Å². The molecule has 0 spiro atoms. The fourth-order valence-electron chi connectivity index (χ4n) is 3.13. The standard InChI is InChI=1S/C27H29N3O4/c1-18-7-5-6-8-23(18)34-17-24(31)29-30-26(33)20-11-15-22(16-12-20)28-25(32)19-9-13-21(14-10-19)27(2,3)4/h5-16H,17H2,1-4H3,(H,28,32)(H,29,31)(H,30,33). The quantitative estimate of drug-likeness (QED) is 0.477. The minimum atomic E-state index is -0.488. The van der Waals surface area contributed by atoms with Gasteiger partial charge in [0.25, 0.3) is 17.7 Å². The van der Waals surface area contributed by atoms with Crippen molar-refractivity contribution in [2.24, 2.45) is 0 Å². The molecule has 0 aliphatic carbocycles. The third-order valence-corrected chi connectivity index (χ3v) is 5.19. The van der Waals surface area contributed by atoms with Gasteiger partial charge in [0.2, 0.25) is 0 Å². The third-order valence-electron chi connectivity index (χ3n) is 5.19. The highest BCUT2D eigenvalue weighted by Gasteiger charge is 2.15. The monoisotopic (exact) mass is 459 g/mol. The van der Waals surface area contributed by atoms with Crippen LogP contribution < -0.4 is 20.9 Å². The molecule has 7 nitrogen and oxygen atoms in total. The zero-order valence-electron chi connectivity index (χ0n) is 19.8. The molecular weight excluding hydrogens is 430 g/mol. The summed E-state index contributed by atoms with van der Waals surface area (Å²) in [5, 5.41) is 2.81. The van der Waals surface area contributed by atoms with Crippen molar-refractivity contribution in [3.8, 4) is 5.75 Å². The van der Waals surface area contributed by atoms with Crippen LogP contribution in [0.15, 0.2) is 72.8 Å². The Bertz CT molecular complexity index is 1160. The highest BCUT2D eigenvalue weighted by molar-refractivity contribution is 6.04. The van der Waals surface area contributed by atoms with Crippen molar-refractivity contribution in [3.63, 3.8) is 0 Å². The number of rotatable bonds is 6. The number of carbonyl (C=O) groups excluding carboxylic acids is 3. The third kappa shape index (κ3) is 6.68. The highest BCUT2D eigenvalue weighted by Crippen LogP contribution is 2.22. The van der Waals surface area contributed by atoms with Crippen LogP contribution in [0.5, 0.6) is 5.75 Å². The number of benzene rings is 3. The lowest BCUT2D eigenvalue weighted by molar-refractivity contribution is -0.123. The largest absolute Gasteiger partial charge is 0.483 e. The van der Waals surface area contributed by atoms with Gasteiger partial charge in [-0.3, -0.25) is 25.2 Å². The summed E-state index contributed by atoms with van der Waals surface area (Å²) in [4.78, 5) is 36.7. The second-order valence-electron chi connectivity index (χ2n) is 8.92. The van der Waals surface area contributed by atoms with Gasteiger partial charge in [-0.25, -0.2) is 0 Å². The molecule has 34 heavy (non-hydrogen) atoms. The molecule has 3 aromatic rings. The number of nitrogens with one attached hydrogen (secondary N) is 3. The van der Waals surface area contributed by atoms with Gasteiger partial charge in [0.1, 0.15) is 5.75 Å². The summed E-state index contributed by atoms with van der Waals surface area (Å²) in [6, 6.07) is 21.2. The van der Waals surface area contributed by atoms with E-state index >= 15 is 0 Å².